The number of unbranched alkanes of at least 4 members (excludes halogenated alkanes) is 1. The molecule has 1 aromatic rings. The molecule has 0 heterocycles. The standard InChI is InChI=1S/C14H19NO3/c1-3-4-7-17-8-9-18-14-10-13(16-2)6-5-12(14)11-15/h5-6,10H,3-4,7-9H2,1-2H3. The normalized spacial score (nSPS) is 9.83. The molecular weight excluding hydrogens is 230 g/mol. The smallest absolute Gasteiger partial charge is 0.140 e. The minimum atomic E-state index is 0.436. The van der Waals surface area contributed by atoms with Gasteiger partial charge in [-0.05, 0) is 18.6 Å². The second kappa shape index (κ2) is 8.37. The van der Waals surface area contributed by atoms with Gasteiger partial charge >= 0.3 is 0 Å². The predicted molar refractivity (Wildman–Crippen MR) is 68.9 cm³/mol. The van der Waals surface area contributed by atoms with E-state index in [-0.39, 0.29) is 0 Å². The fourth-order valence-electron chi connectivity index (χ4n) is 1.40. The highest BCUT2D eigenvalue weighted by atomic mass is 16.5. The largest absolute Gasteiger partial charge is 0.497 e. The van der Waals surface area contributed by atoms with Crippen LogP contribution in [0.1, 0.15) is 25.3 Å². The van der Waals surface area contributed by atoms with Crippen molar-refractivity contribution < 1.29 is 14.2 Å². The molecular formula is C14H19NO3. The van der Waals surface area contributed by atoms with Crippen LogP contribution in [0.3, 0.4) is 0 Å². The number of rotatable bonds is 8. The quantitative estimate of drug-likeness (QED) is 0.665. The molecule has 18 heavy (non-hydrogen) atoms. The molecule has 0 saturated carbocycles. The number of nitriles is 1. The van der Waals surface area contributed by atoms with Gasteiger partial charge in [0.25, 0.3) is 0 Å². The molecule has 98 valence electrons. The van der Waals surface area contributed by atoms with Crippen LogP contribution in [0.2, 0.25) is 0 Å². The zero-order valence-electron chi connectivity index (χ0n) is 10.9. The molecule has 0 unspecified atom stereocenters. The predicted octanol–water partition coefficient (Wildman–Crippen LogP) is 2.76. The van der Waals surface area contributed by atoms with Crippen molar-refractivity contribution >= 4 is 0 Å². The summed E-state index contributed by atoms with van der Waals surface area (Å²) < 4.78 is 16.0. The van der Waals surface area contributed by atoms with E-state index in [1.165, 1.54) is 0 Å². The van der Waals surface area contributed by atoms with Crippen LogP contribution in [-0.2, 0) is 4.74 Å². The van der Waals surface area contributed by atoms with Crippen LogP contribution in [-0.4, -0.2) is 26.9 Å². The van der Waals surface area contributed by atoms with Crippen LogP contribution in [0.15, 0.2) is 18.2 Å². The van der Waals surface area contributed by atoms with Crippen molar-refractivity contribution in [2.45, 2.75) is 19.8 Å². The lowest BCUT2D eigenvalue weighted by Gasteiger charge is -2.09. The Hall–Kier alpha value is -1.73. The average molecular weight is 249 g/mol. The van der Waals surface area contributed by atoms with Crippen molar-refractivity contribution in [2.24, 2.45) is 0 Å². The zero-order chi connectivity index (χ0) is 13.2. The van der Waals surface area contributed by atoms with Crippen molar-refractivity contribution in [3.8, 4) is 17.6 Å². The van der Waals surface area contributed by atoms with Crippen molar-refractivity contribution in [1.82, 2.24) is 0 Å². The molecule has 0 fully saturated rings. The van der Waals surface area contributed by atoms with Crippen LogP contribution in [0.4, 0.5) is 0 Å². The molecule has 1 aromatic carbocycles. The Balaban J connectivity index is 2.43. The van der Waals surface area contributed by atoms with Gasteiger partial charge in [0.15, 0.2) is 0 Å². The number of hydrogen-bond donors (Lipinski definition) is 0. The maximum Gasteiger partial charge on any atom is 0.140 e. The molecule has 0 spiro atoms. The van der Waals surface area contributed by atoms with E-state index < -0.39 is 0 Å². The summed E-state index contributed by atoms with van der Waals surface area (Å²) in [6.07, 6.45) is 2.18. The van der Waals surface area contributed by atoms with E-state index >= 15 is 0 Å². The third-order valence-corrected chi connectivity index (χ3v) is 2.44. The molecule has 4 nitrogen and oxygen atoms in total. The Morgan fingerprint density at radius 2 is 2.06 bits per heavy atom. The van der Waals surface area contributed by atoms with E-state index in [0.29, 0.717) is 30.3 Å². The van der Waals surface area contributed by atoms with Crippen molar-refractivity contribution in [1.29, 1.82) is 5.26 Å². The summed E-state index contributed by atoms with van der Waals surface area (Å²) >= 11 is 0. The molecule has 0 saturated heterocycles. The van der Waals surface area contributed by atoms with E-state index in [9.17, 15) is 0 Å². The van der Waals surface area contributed by atoms with Crippen LogP contribution in [0.5, 0.6) is 11.5 Å². The van der Waals surface area contributed by atoms with Gasteiger partial charge in [-0.25, -0.2) is 0 Å². The Bertz CT molecular complexity index is 399. The van der Waals surface area contributed by atoms with Crippen LogP contribution in [0, 0.1) is 11.3 Å². The van der Waals surface area contributed by atoms with Gasteiger partial charge in [-0.2, -0.15) is 5.26 Å². The third kappa shape index (κ3) is 4.64. The van der Waals surface area contributed by atoms with Gasteiger partial charge in [0, 0.05) is 12.7 Å². The number of nitrogens with zero attached hydrogens (tertiary/aromatic N) is 1. The summed E-state index contributed by atoms with van der Waals surface area (Å²) in [4.78, 5) is 0. The van der Waals surface area contributed by atoms with Crippen molar-refractivity contribution in [3.05, 3.63) is 23.8 Å². The summed E-state index contributed by atoms with van der Waals surface area (Å²) in [6.45, 7) is 3.84. The Morgan fingerprint density at radius 3 is 2.72 bits per heavy atom. The van der Waals surface area contributed by atoms with Crippen LogP contribution in [0.25, 0.3) is 0 Å². The van der Waals surface area contributed by atoms with Gasteiger partial charge in [-0.1, -0.05) is 13.3 Å². The van der Waals surface area contributed by atoms with Crippen molar-refractivity contribution in [3.63, 3.8) is 0 Å². The molecule has 0 aromatic heterocycles. The van der Waals surface area contributed by atoms with Crippen molar-refractivity contribution in [2.75, 3.05) is 26.9 Å². The first kappa shape index (κ1) is 14.3. The monoisotopic (exact) mass is 249 g/mol. The Morgan fingerprint density at radius 1 is 1.22 bits per heavy atom. The first-order chi connectivity index (χ1) is 8.81. The minimum Gasteiger partial charge on any atom is -0.497 e. The fourth-order valence-corrected chi connectivity index (χ4v) is 1.40. The van der Waals surface area contributed by atoms with E-state index in [2.05, 4.69) is 13.0 Å². The molecule has 0 amide bonds. The zero-order valence-corrected chi connectivity index (χ0v) is 10.9. The van der Waals surface area contributed by atoms with Gasteiger partial charge in [-0.3, -0.25) is 0 Å². The summed E-state index contributed by atoms with van der Waals surface area (Å²) in [6, 6.07) is 7.23. The first-order valence-corrected chi connectivity index (χ1v) is 6.10. The highest BCUT2D eigenvalue weighted by Gasteiger charge is 2.05. The number of ether oxygens (including phenoxy) is 3. The molecule has 0 N–H and O–H groups in total. The number of methoxy groups -OCH3 is 1. The maximum absolute atomic E-state index is 8.95. The van der Waals surface area contributed by atoms with Gasteiger partial charge in [0.2, 0.25) is 0 Å². The molecule has 0 aliphatic rings. The summed E-state index contributed by atoms with van der Waals surface area (Å²) in [5.74, 6) is 1.21. The number of benzene rings is 1. The maximum atomic E-state index is 8.95. The summed E-state index contributed by atoms with van der Waals surface area (Å²) in [7, 11) is 1.58. The second-order valence-corrected chi connectivity index (χ2v) is 3.79. The van der Waals surface area contributed by atoms with E-state index in [0.717, 1.165) is 19.4 Å². The highest BCUT2D eigenvalue weighted by Crippen LogP contribution is 2.23. The molecule has 0 radical (unpaired) electrons. The van der Waals surface area contributed by atoms with Gasteiger partial charge in [0.1, 0.15) is 24.2 Å². The summed E-state index contributed by atoms with van der Waals surface area (Å²) in [5.41, 5.74) is 0.504. The molecule has 0 aliphatic carbocycles. The Labute approximate surface area is 108 Å². The van der Waals surface area contributed by atoms with Gasteiger partial charge < -0.3 is 14.2 Å². The lowest BCUT2D eigenvalue weighted by Crippen LogP contribution is -2.08. The van der Waals surface area contributed by atoms with Crippen LogP contribution >= 0.6 is 0 Å². The van der Waals surface area contributed by atoms with Gasteiger partial charge in [-0.15, -0.1) is 0 Å². The molecule has 0 aliphatic heterocycles. The van der Waals surface area contributed by atoms with Crippen LogP contribution < -0.4 is 9.47 Å². The highest BCUT2D eigenvalue weighted by molar-refractivity contribution is 5.47. The molecule has 1 rings (SSSR count). The van der Waals surface area contributed by atoms with Gasteiger partial charge in [0.05, 0.1) is 19.3 Å². The van der Waals surface area contributed by atoms with E-state index in [1.54, 1.807) is 25.3 Å². The first-order valence-electron chi connectivity index (χ1n) is 6.10. The SMILES string of the molecule is CCCCOCCOc1cc(OC)ccc1C#N. The topological polar surface area (TPSA) is 51.5 Å². The van der Waals surface area contributed by atoms with E-state index in [1.807, 2.05) is 0 Å². The third-order valence-electron chi connectivity index (χ3n) is 2.44. The second-order valence-electron chi connectivity index (χ2n) is 3.79. The lowest BCUT2D eigenvalue weighted by atomic mass is 10.2. The minimum absolute atomic E-state index is 0.436. The molecule has 0 bridgehead atoms. The molecule has 4 heteroatoms. The number of hydrogen-bond acceptors (Lipinski definition) is 4. The Kier molecular flexibility index (Phi) is 6.67. The summed E-state index contributed by atoms with van der Waals surface area (Å²) in [5, 5.41) is 8.95. The fraction of sp³-hybridized carbons (Fsp3) is 0.500. The lowest BCUT2D eigenvalue weighted by molar-refractivity contribution is 0.0979. The van der Waals surface area contributed by atoms with E-state index in [4.69, 9.17) is 19.5 Å². The average Bonchev–Trinajstić information content (AvgIpc) is 2.42. The molecule has 0 atom stereocenters.